The average molecular weight is 437 g/mol. The van der Waals surface area contributed by atoms with Gasteiger partial charge in [0, 0.05) is 22.3 Å². The number of nitrogens with zero attached hydrogens (tertiary/aromatic N) is 2. The van der Waals surface area contributed by atoms with Crippen LogP contribution in [0.4, 0.5) is 13.2 Å². The smallest absolute Gasteiger partial charge is 0.411 e. The number of hydrogen-bond donors (Lipinski definition) is 0. The number of halogens is 4. The van der Waals surface area contributed by atoms with Crippen molar-refractivity contribution in [3.8, 4) is 5.75 Å². The molecule has 0 atom stereocenters. The molecular weight excluding hydrogens is 417 g/mol. The first-order valence-corrected chi connectivity index (χ1v) is 9.35. The Kier molecular flexibility index (Phi) is 6.95. The minimum atomic E-state index is -4.43. The zero-order valence-corrected chi connectivity index (χ0v) is 17.3. The lowest BCUT2D eigenvalue weighted by Crippen LogP contribution is -2.18. The van der Waals surface area contributed by atoms with Crippen molar-refractivity contribution in [1.82, 2.24) is 3.96 Å². The van der Waals surface area contributed by atoms with Crippen LogP contribution in [0.2, 0.25) is 5.02 Å². The number of amides is 1. The van der Waals surface area contributed by atoms with Gasteiger partial charge in [0.25, 0.3) is 5.91 Å². The van der Waals surface area contributed by atoms with E-state index in [1.165, 1.54) is 13.2 Å². The molecule has 1 amide bonds. The predicted molar refractivity (Wildman–Crippen MR) is 101 cm³/mol. The highest BCUT2D eigenvalue weighted by molar-refractivity contribution is 7.04. The van der Waals surface area contributed by atoms with E-state index in [1.807, 2.05) is 20.8 Å². The van der Waals surface area contributed by atoms with Gasteiger partial charge in [-0.3, -0.25) is 8.75 Å². The highest BCUT2D eigenvalue weighted by Gasteiger charge is 2.27. The van der Waals surface area contributed by atoms with Crippen LogP contribution >= 0.6 is 23.1 Å². The molecule has 0 aliphatic rings. The van der Waals surface area contributed by atoms with Gasteiger partial charge in [-0.15, -0.1) is 0 Å². The first kappa shape index (κ1) is 22.4. The normalized spacial score (nSPS) is 13.1. The molecule has 0 saturated heterocycles. The fourth-order valence-corrected chi connectivity index (χ4v) is 3.34. The van der Waals surface area contributed by atoms with Gasteiger partial charge in [0.2, 0.25) is 0 Å². The molecule has 0 unspecified atom stereocenters. The summed E-state index contributed by atoms with van der Waals surface area (Å²) in [6.45, 7) is 4.08. The predicted octanol–water partition coefficient (Wildman–Crippen LogP) is 4.79. The number of rotatable bonds is 5. The van der Waals surface area contributed by atoms with Crippen LogP contribution in [0.25, 0.3) is 0 Å². The third-order valence-corrected chi connectivity index (χ3v) is 5.12. The molecular formula is C18H20ClF3N2O3S. The van der Waals surface area contributed by atoms with Crippen molar-refractivity contribution in [2.24, 2.45) is 4.99 Å². The molecule has 0 N–H and O–H groups in total. The number of alkyl halides is 3. The lowest BCUT2D eigenvalue weighted by molar-refractivity contribution is -0.176. The summed E-state index contributed by atoms with van der Waals surface area (Å²) in [4.78, 5) is 16.7. The van der Waals surface area contributed by atoms with Crippen molar-refractivity contribution in [2.45, 2.75) is 39.1 Å². The summed E-state index contributed by atoms with van der Waals surface area (Å²) >= 11 is 7.11. The molecule has 2 rings (SSSR count). The van der Waals surface area contributed by atoms with E-state index in [0.717, 1.165) is 11.5 Å². The maximum Gasteiger partial charge on any atom is 0.411 e. The second-order valence-corrected chi connectivity index (χ2v) is 8.32. The SMILES string of the molecule is COc1ccc(Cl)cc1C(=O)/N=c1\sn(C(C)(C)C)cc1COCC(F)(F)F. The zero-order valence-electron chi connectivity index (χ0n) is 15.8. The van der Waals surface area contributed by atoms with Crippen LogP contribution in [0.3, 0.4) is 0 Å². The van der Waals surface area contributed by atoms with Crippen LogP contribution in [-0.2, 0) is 16.9 Å². The van der Waals surface area contributed by atoms with Gasteiger partial charge < -0.3 is 9.47 Å². The number of hydrogen-bond acceptors (Lipinski definition) is 4. The molecule has 0 fully saturated rings. The van der Waals surface area contributed by atoms with E-state index in [9.17, 15) is 18.0 Å². The summed E-state index contributed by atoms with van der Waals surface area (Å²) in [5.41, 5.74) is 0.208. The fourth-order valence-electron chi connectivity index (χ4n) is 2.17. The Hall–Kier alpha value is -1.84. The molecule has 28 heavy (non-hydrogen) atoms. The molecule has 1 aromatic heterocycles. The third-order valence-electron chi connectivity index (χ3n) is 3.51. The van der Waals surface area contributed by atoms with Crippen LogP contribution in [0, 0.1) is 0 Å². The van der Waals surface area contributed by atoms with E-state index in [1.54, 1.807) is 22.3 Å². The Labute approximate surface area is 169 Å². The van der Waals surface area contributed by atoms with Crippen molar-refractivity contribution in [3.05, 3.63) is 45.2 Å². The standard InChI is InChI=1S/C18H20ClF3N2O3S/c1-17(2,3)24-8-11(9-27-10-18(20,21)22)16(28-24)23-15(25)13-7-12(19)5-6-14(13)26-4/h5-8H,9-10H2,1-4H3/b23-16-. The summed E-state index contributed by atoms with van der Waals surface area (Å²) in [5, 5.41) is 0.337. The van der Waals surface area contributed by atoms with Gasteiger partial charge in [0.05, 0.1) is 19.3 Å². The maximum absolute atomic E-state index is 12.7. The minimum Gasteiger partial charge on any atom is -0.496 e. The molecule has 0 radical (unpaired) electrons. The monoisotopic (exact) mass is 436 g/mol. The Morgan fingerprint density at radius 1 is 1.29 bits per heavy atom. The summed E-state index contributed by atoms with van der Waals surface area (Å²) in [7, 11) is 1.41. The fraction of sp³-hybridized carbons (Fsp3) is 0.444. The molecule has 0 saturated carbocycles. The highest BCUT2D eigenvalue weighted by atomic mass is 35.5. The van der Waals surface area contributed by atoms with Crippen molar-refractivity contribution in [2.75, 3.05) is 13.7 Å². The zero-order chi connectivity index (χ0) is 21.1. The maximum atomic E-state index is 12.7. The Morgan fingerprint density at radius 2 is 1.96 bits per heavy atom. The number of benzene rings is 1. The Balaban J connectivity index is 2.43. The second-order valence-electron chi connectivity index (χ2n) is 6.92. The van der Waals surface area contributed by atoms with E-state index in [4.69, 9.17) is 21.1 Å². The van der Waals surface area contributed by atoms with E-state index >= 15 is 0 Å². The number of ether oxygens (including phenoxy) is 2. The summed E-state index contributed by atoms with van der Waals surface area (Å²) in [5.74, 6) is -0.312. The van der Waals surface area contributed by atoms with Crippen molar-refractivity contribution in [1.29, 1.82) is 0 Å². The summed E-state index contributed by atoms with van der Waals surface area (Å²) in [6.07, 6.45) is -2.79. The van der Waals surface area contributed by atoms with Crippen LogP contribution < -0.4 is 9.41 Å². The van der Waals surface area contributed by atoms with Gasteiger partial charge >= 0.3 is 6.18 Å². The van der Waals surface area contributed by atoms with Gasteiger partial charge in [-0.25, -0.2) is 0 Å². The molecule has 5 nitrogen and oxygen atoms in total. The lowest BCUT2D eigenvalue weighted by Gasteiger charge is -2.19. The van der Waals surface area contributed by atoms with Crippen LogP contribution in [0.1, 0.15) is 36.7 Å². The molecule has 0 aliphatic heterocycles. The quantitative estimate of drug-likeness (QED) is 0.677. The van der Waals surface area contributed by atoms with Crippen molar-refractivity contribution in [3.63, 3.8) is 0 Å². The summed E-state index contributed by atoms with van der Waals surface area (Å²) in [6, 6.07) is 4.55. The van der Waals surface area contributed by atoms with Crippen LogP contribution in [-0.4, -0.2) is 29.8 Å². The van der Waals surface area contributed by atoms with Crippen LogP contribution in [0.15, 0.2) is 29.4 Å². The first-order valence-electron chi connectivity index (χ1n) is 8.20. The van der Waals surface area contributed by atoms with E-state index < -0.39 is 18.7 Å². The average Bonchev–Trinajstić information content (AvgIpc) is 2.96. The molecule has 1 heterocycles. The Morgan fingerprint density at radius 3 is 2.54 bits per heavy atom. The van der Waals surface area contributed by atoms with Gasteiger partial charge in [0.15, 0.2) is 0 Å². The van der Waals surface area contributed by atoms with E-state index in [2.05, 4.69) is 4.99 Å². The Bertz CT molecular complexity index is 914. The van der Waals surface area contributed by atoms with Gasteiger partial charge in [-0.05, 0) is 50.5 Å². The van der Waals surface area contributed by atoms with Gasteiger partial charge in [-0.1, -0.05) is 11.6 Å². The molecule has 0 spiro atoms. The molecule has 1 aromatic carbocycles. The van der Waals surface area contributed by atoms with E-state index in [0.29, 0.717) is 16.3 Å². The van der Waals surface area contributed by atoms with Crippen molar-refractivity contribution < 1.29 is 27.4 Å². The number of carbonyl (C=O) groups excluding carboxylic acids is 1. The molecule has 0 bridgehead atoms. The number of aromatic nitrogens is 1. The molecule has 10 heteroatoms. The highest BCUT2D eigenvalue weighted by Crippen LogP contribution is 2.24. The minimum absolute atomic E-state index is 0.160. The lowest BCUT2D eigenvalue weighted by atomic mass is 10.1. The topological polar surface area (TPSA) is 52.8 Å². The van der Waals surface area contributed by atoms with Crippen LogP contribution in [0.5, 0.6) is 5.75 Å². The molecule has 0 aliphatic carbocycles. The number of methoxy groups -OCH3 is 1. The van der Waals surface area contributed by atoms with Gasteiger partial charge in [-0.2, -0.15) is 18.2 Å². The number of carbonyl (C=O) groups is 1. The third kappa shape index (κ3) is 6.08. The first-order chi connectivity index (χ1) is 12.9. The van der Waals surface area contributed by atoms with Crippen molar-refractivity contribution >= 4 is 29.0 Å². The van der Waals surface area contributed by atoms with Gasteiger partial charge in [0.1, 0.15) is 17.0 Å². The largest absolute Gasteiger partial charge is 0.496 e. The summed E-state index contributed by atoms with van der Waals surface area (Å²) < 4.78 is 49.1. The second kappa shape index (κ2) is 8.67. The molecule has 154 valence electrons. The molecule has 2 aromatic rings. The van der Waals surface area contributed by atoms with E-state index in [-0.39, 0.29) is 22.4 Å².